The summed E-state index contributed by atoms with van der Waals surface area (Å²) in [6.07, 6.45) is 11.6. The molecule has 3 aliphatic rings. The van der Waals surface area contributed by atoms with Crippen molar-refractivity contribution in [2.45, 2.75) is 116 Å². The minimum Gasteiger partial charge on any atom is -0.458 e. The molecular formula is C28H41NO6. The molecule has 7 nitrogen and oxygen atoms in total. The summed E-state index contributed by atoms with van der Waals surface area (Å²) < 4.78 is 23.3. The van der Waals surface area contributed by atoms with E-state index in [1.165, 1.54) is 0 Å². The maximum atomic E-state index is 12.9. The molecule has 0 aliphatic carbocycles. The molecule has 5 unspecified atom stereocenters. The predicted octanol–water partition coefficient (Wildman–Crippen LogP) is 5.59. The number of esters is 1. The highest BCUT2D eigenvalue weighted by molar-refractivity contribution is 5.84. The minimum absolute atomic E-state index is 0.207. The van der Waals surface area contributed by atoms with E-state index in [0.29, 0.717) is 36.8 Å². The van der Waals surface area contributed by atoms with Crippen molar-refractivity contribution in [1.82, 2.24) is 4.98 Å². The third-order valence-corrected chi connectivity index (χ3v) is 8.16. The second kappa shape index (κ2) is 10.2. The summed E-state index contributed by atoms with van der Waals surface area (Å²) in [4.78, 5) is 30.1. The molecule has 0 bridgehead atoms. The van der Waals surface area contributed by atoms with E-state index in [4.69, 9.17) is 18.6 Å². The number of cyclic esters (lactones) is 1. The molecular weight excluding hydrogens is 446 g/mol. The molecule has 1 aromatic heterocycles. The standard InChI is InChI=1S/C28H41NO6/c1-19-7-6-13-27(5)28(35-27,16-23-18-33-23)15-22(10-9-21-17-32-20(2)29-21)34-25(31)12-14-26(3,4)24(30)11-8-19/h9-10,17,19,22-23H,6-8,11-16,18H2,1-5H3. The third kappa shape index (κ3) is 6.62. The van der Waals surface area contributed by atoms with E-state index in [-0.39, 0.29) is 35.5 Å². The first-order valence-corrected chi connectivity index (χ1v) is 13.2. The van der Waals surface area contributed by atoms with Crippen LogP contribution in [-0.2, 0) is 23.8 Å². The molecule has 0 radical (unpaired) electrons. The van der Waals surface area contributed by atoms with Gasteiger partial charge in [-0.05, 0) is 44.3 Å². The third-order valence-electron chi connectivity index (χ3n) is 8.16. The number of hydrogen-bond acceptors (Lipinski definition) is 7. The number of aryl methyl sites for hydroxylation is 1. The minimum atomic E-state index is -0.540. The lowest BCUT2D eigenvalue weighted by Gasteiger charge is -2.26. The molecule has 4 heterocycles. The molecule has 0 N–H and O–H groups in total. The first kappa shape index (κ1) is 26.1. The summed E-state index contributed by atoms with van der Waals surface area (Å²) in [6.45, 7) is 10.8. The summed E-state index contributed by atoms with van der Waals surface area (Å²) >= 11 is 0. The van der Waals surface area contributed by atoms with Crippen molar-refractivity contribution in [3.05, 3.63) is 23.9 Å². The fourth-order valence-corrected chi connectivity index (χ4v) is 5.40. The number of fused-ring (bicyclic) bond motifs is 1. The molecule has 3 aliphatic heterocycles. The van der Waals surface area contributed by atoms with Gasteiger partial charge >= 0.3 is 5.97 Å². The van der Waals surface area contributed by atoms with Crippen molar-refractivity contribution in [3.8, 4) is 0 Å². The number of ether oxygens (including phenoxy) is 3. The van der Waals surface area contributed by atoms with Gasteiger partial charge in [0, 0.05) is 38.0 Å². The van der Waals surface area contributed by atoms with Crippen LogP contribution in [0.5, 0.6) is 0 Å². The van der Waals surface area contributed by atoms with E-state index in [1.807, 2.05) is 26.0 Å². The number of carbonyl (C=O) groups excluding carboxylic acids is 2. The fraction of sp³-hybridized carbons (Fsp3) is 0.750. The molecule has 0 spiro atoms. The molecule has 0 aromatic carbocycles. The van der Waals surface area contributed by atoms with Crippen LogP contribution >= 0.6 is 0 Å². The van der Waals surface area contributed by atoms with Crippen molar-refractivity contribution in [3.63, 3.8) is 0 Å². The Morgan fingerprint density at radius 2 is 1.91 bits per heavy atom. The normalized spacial score (nSPS) is 36.5. The van der Waals surface area contributed by atoms with Crippen LogP contribution in [0.25, 0.3) is 6.08 Å². The summed E-state index contributed by atoms with van der Waals surface area (Å²) in [5.74, 6) is 1.000. The van der Waals surface area contributed by atoms with Gasteiger partial charge in [0.25, 0.3) is 0 Å². The average Bonchev–Trinajstić information content (AvgIpc) is 3.65. The van der Waals surface area contributed by atoms with Crippen molar-refractivity contribution in [1.29, 1.82) is 0 Å². The van der Waals surface area contributed by atoms with Crippen LogP contribution in [0, 0.1) is 18.3 Å². The van der Waals surface area contributed by atoms with Crippen LogP contribution < -0.4 is 0 Å². The van der Waals surface area contributed by atoms with E-state index in [9.17, 15) is 9.59 Å². The van der Waals surface area contributed by atoms with Crippen molar-refractivity contribution < 1.29 is 28.2 Å². The summed E-state index contributed by atoms with van der Waals surface area (Å²) in [7, 11) is 0. The summed E-state index contributed by atoms with van der Waals surface area (Å²) in [6, 6.07) is 0. The molecule has 3 saturated heterocycles. The molecule has 5 atom stereocenters. The number of epoxide rings is 2. The summed E-state index contributed by atoms with van der Waals surface area (Å²) in [5, 5.41) is 0. The first-order valence-electron chi connectivity index (χ1n) is 13.2. The van der Waals surface area contributed by atoms with Crippen molar-refractivity contribution in [2.24, 2.45) is 11.3 Å². The van der Waals surface area contributed by atoms with E-state index in [1.54, 1.807) is 13.2 Å². The number of oxazole rings is 1. The van der Waals surface area contributed by atoms with E-state index in [2.05, 4.69) is 18.8 Å². The number of rotatable bonds is 4. The lowest BCUT2D eigenvalue weighted by molar-refractivity contribution is -0.148. The van der Waals surface area contributed by atoms with Gasteiger partial charge in [-0.3, -0.25) is 9.59 Å². The van der Waals surface area contributed by atoms with Crippen LogP contribution in [0.15, 0.2) is 16.8 Å². The molecule has 35 heavy (non-hydrogen) atoms. The highest BCUT2D eigenvalue weighted by atomic mass is 16.6. The second-order valence-electron chi connectivity index (χ2n) is 11.7. The largest absolute Gasteiger partial charge is 0.458 e. The van der Waals surface area contributed by atoms with Crippen LogP contribution in [0.1, 0.15) is 97.1 Å². The zero-order valence-electron chi connectivity index (χ0n) is 21.9. The van der Waals surface area contributed by atoms with Crippen LogP contribution in [0.4, 0.5) is 0 Å². The Bertz CT molecular complexity index is 947. The van der Waals surface area contributed by atoms with Gasteiger partial charge in [-0.25, -0.2) is 4.98 Å². The number of nitrogens with zero attached hydrogens (tertiary/aromatic N) is 1. The van der Waals surface area contributed by atoms with Crippen LogP contribution in [0.3, 0.4) is 0 Å². The monoisotopic (exact) mass is 487 g/mol. The quantitative estimate of drug-likeness (QED) is 0.403. The van der Waals surface area contributed by atoms with Gasteiger partial charge in [0.1, 0.15) is 29.4 Å². The lowest BCUT2D eigenvalue weighted by Crippen LogP contribution is -2.32. The fourth-order valence-electron chi connectivity index (χ4n) is 5.40. The maximum Gasteiger partial charge on any atom is 0.306 e. The van der Waals surface area contributed by atoms with Gasteiger partial charge in [-0.1, -0.05) is 33.6 Å². The van der Waals surface area contributed by atoms with E-state index < -0.39 is 11.5 Å². The van der Waals surface area contributed by atoms with Gasteiger partial charge in [0.2, 0.25) is 0 Å². The Morgan fingerprint density at radius 1 is 1.14 bits per heavy atom. The first-order chi connectivity index (χ1) is 16.5. The average molecular weight is 488 g/mol. The van der Waals surface area contributed by atoms with Crippen LogP contribution in [-0.4, -0.2) is 46.8 Å². The highest BCUT2D eigenvalue weighted by Crippen LogP contribution is 2.58. The van der Waals surface area contributed by atoms with Crippen LogP contribution in [0.2, 0.25) is 0 Å². The predicted molar refractivity (Wildman–Crippen MR) is 132 cm³/mol. The Morgan fingerprint density at radius 3 is 2.60 bits per heavy atom. The molecule has 0 saturated carbocycles. The van der Waals surface area contributed by atoms with Crippen molar-refractivity contribution in [2.75, 3.05) is 6.61 Å². The number of hydrogen-bond donors (Lipinski definition) is 0. The Kier molecular flexibility index (Phi) is 7.58. The smallest absolute Gasteiger partial charge is 0.306 e. The van der Waals surface area contributed by atoms with E-state index in [0.717, 1.165) is 38.7 Å². The number of aromatic nitrogens is 1. The maximum absolute atomic E-state index is 12.9. The summed E-state index contributed by atoms with van der Waals surface area (Å²) in [5.41, 5.74) is -0.498. The molecule has 194 valence electrons. The molecule has 0 amide bonds. The van der Waals surface area contributed by atoms with Gasteiger partial charge in [-0.2, -0.15) is 0 Å². The van der Waals surface area contributed by atoms with E-state index >= 15 is 0 Å². The topological polar surface area (TPSA) is 94.5 Å². The van der Waals surface area contributed by atoms with Crippen molar-refractivity contribution >= 4 is 17.8 Å². The molecule has 4 rings (SSSR count). The van der Waals surface area contributed by atoms with Gasteiger partial charge in [0.15, 0.2) is 5.89 Å². The lowest BCUT2D eigenvalue weighted by atomic mass is 9.79. The van der Waals surface area contributed by atoms with Gasteiger partial charge in [-0.15, -0.1) is 0 Å². The zero-order chi connectivity index (χ0) is 25.3. The number of carbonyl (C=O) groups is 2. The number of Topliss-reactive ketones (excluding diaryl/α,β-unsaturated/α-hetero) is 1. The Balaban J connectivity index is 1.55. The highest BCUT2D eigenvalue weighted by Gasteiger charge is 2.67. The van der Waals surface area contributed by atoms with Gasteiger partial charge in [0.05, 0.1) is 18.3 Å². The Hall–Kier alpha value is -1.99. The zero-order valence-corrected chi connectivity index (χ0v) is 21.9. The second-order valence-corrected chi connectivity index (χ2v) is 11.7. The molecule has 1 aromatic rings. The van der Waals surface area contributed by atoms with Gasteiger partial charge < -0.3 is 18.6 Å². The SMILES string of the molecule is Cc1nc(C=CC2CC3(CC4CO4)OC3(C)CCCC(C)CCC(=O)C(C)(C)CCC(=O)O2)co1. The Labute approximate surface area is 209 Å². The molecule has 3 fully saturated rings. The molecule has 7 heteroatoms. The number of ketones is 1.